The maximum atomic E-state index is 12.3. The monoisotopic (exact) mass is 593 g/mol. The minimum Gasteiger partial charge on any atom is 0 e. The molecule has 0 heterocycles. The molecular weight excluding hydrogens is 579 g/mol. The van der Waals surface area contributed by atoms with Crippen LogP contribution in [0.5, 0.6) is 0 Å². The molecule has 0 N–H and O–H groups in total. The van der Waals surface area contributed by atoms with Crippen molar-refractivity contribution in [1.29, 1.82) is 0 Å². The van der Waals surface area contributed by atoms with Crippen molar-refractivity contribution in [2.24, 2.45) is 0 Å². The SMILES string of the molecule is O=C1C=CC([PH+](c2ccccc2)c2ccccc2)C(=O)C1=O.[Cl][Sn]([Cl])[Cl].[Co]. The van der Waals surface area contributed by atoms with E-state index in [2.05, 4.69) is 0 Å². The Morgan fingerprint density at radius 3 is 1.59 bits per heavy atom. The molecule has 3 rings (SSSR count). The second kappa shape index (κ2) is 12.4. The van der Waals surface area contributed by atoms with Gasteiger partial charge < -0.3 is 0 Å². The van der Waals surface area contributed by atoms with Gasteiger partial charge in [0.05, 0.1) is 18.5 Å². The standard InChI is InChI=1S/C18H13O3P.3ClH.Co.Sn/c19-15-11-12-16(18(21)17(15)20)22(13-7-3-1-4-8-13)14-9-5-2-6-10-14;;;;;/h1-12,16H;3*1H;;/q;;;;;+3/p-2. The molecule has 0 aliphatic heterocycles. The average molecular weight is 593 g/mol. The van der Waals surface area contributed by atoms with E-state index in [0.717, 1.165) is 10.6 Å². The molecule has 1 aliphatic carbocycles. The van der Waals surface area contributed by atoms with Gasteiger partial charge in [-0.05, 0) is 36.4 Å². The number of halogens is 3. The van der Waals surface area contributed by atoms with Crippen molar-refractivity contribution in [2.45, 2.75) is 5.66 Å². The number of carbonyl (C=O) groups excluding carboxylic acids is 3. The zero-order valence-electron chi connectivity index (χ0n) is 13.7. The van der Waals surface area contributed by atoms with Crippen LogP contribution in [0.15, 0.2) is 72.8 Å². The first-order chi connectivity index (χ1) is 12.4. The van der Waals surface area contributed by atoms with Crippen molar-refractivity contribution in [3.05, 3.63) is 72.8 Å². The van der Waals surface area contributed by atoms with Crippen LogP contribution in [0.1, 0.15) is 0 Å². The smallest absolute Gasteiger partial charge is 0 e. The number of allylic oxidation sites excluding steroid dienone is 2. The van der Waals surface area contributed by atoms with E-state index in [1.807, 2.05) is 60.7 Å². The summed E-state index contributed by atoms with van der Waals surface area (Å²) in [5.74, 6) is -2.21. The Morgan fingerprint density at radius 1 is 0.778 bits per heavy atom. The van der Waals surface area contributed by atoms with Gasteiger partial charge in [-0.3, -0.25) is 14.4 Å². The molecule has 0 bridgehead atoms. The van der Waals surface area contributed by atoms with Gasteiger partial charge in [-0.1, -0.05) is 36.4 Å². The molecule has 142 valence electrons. The third-order valence-corrected chi connectivity index (χ3v) is 6.64. The van der Waals surface area contributed by atoms with Crippen LogP contribution in [0.3, 0.4) is 0 Å². The van der Waals surface area contributed by atoms with Crippen molar-refractivity contribution >= 4 is 79.0 Å². The van der Waals surface area contributed by atoms with E-state index < -0.39 is 47.3 Å². The van der Waals surface area contributed by atoms with E-state index in [-0.39, 0.29) is 16.8 Å². The van der Waals surface area contributed by atoms with Crippen molar-refractivity contribution < 1.29 is 31.2 Å². The molecule has 1 atom stereocenters. The van der Waals surface area contributed by atoms with Gasteiger partial charge in [0.2, 0.25) is 5.78 Å². The molecule has 2 radical (unpaired) electrons. The van der Waals surface area contributed by atoms with Crippen LogP contribution in [0.2, 0.25) is 0 Å². The van der Waals surface area contributed by atoms with Crippen LogP contribution in [0.25, 0.3) is 0 Å². The molecule has 0 fully saturated rings. The molecule has 0 saturated carbocycles. The molecule has 1 aliphatic rings. The van der Waals surface area contributed by atoms with Crippen molar-refractivity contribution in [3.63, 3.8) is 0 Å². The van der Waals surface area contributed by atoms with Crippen molar-refractivity contribution in [2.75, 3.05) is 0 Å². The summed E-state index contributed by atoms with van der Waals surface area (Å²) in [5, 5.41) is 2.09. The minimum atomic E-state index is -2.13. The number of Topliss-reactive ketones (excluding diaryl/α,β-unsaturated/α-hetero) is 2. The summed E-state index contributed by atoms with van der Waals surface area (Å²) >= 11 is -2.13. The fourth-order valence-corrected chi connectivity index (χ4v) is 5.43. The predicted octanol–water partition coefficient (Wildman–Crippen LogP) is 3.18. The van der Waals surface area contributed by atoms with E-state index in [0.29, 0.717) is 0 Å². The zero-order chi connectivity index (χ0) is 19.1. The summed E-state index contributed by atoms with van der Waals surface area (Å²) < 4.78 is 0. The number of carbonyl (C=O) groups is 3. The van der Waals surface area contributed by atoms with Gasteiger partial charge in [-0.25, -0.2) is 0 Å². The molecule has 0 saturated heterocycles. The number of hydrogen-bond acceptors (Lipinski definition) is 3. The van der Waals surface area contributed by atoms with Crippen LogP contribution >= 0.6 is 34.7 Å². The van der Waals surface area contributed by atoms with Crippen molar-refractivity contribution in [3.8, 4) is 0 Å². The Hall–Kier alpha value is -0.205. The van der Waals surface area contributed by atoms with Crippen LogP contribution < -0.4 is 10.6 Å². The van der Waals surface area contributed by atoms with Gasteiger partial charge in [0, 0.05) is 16.8 Å². The molecule has 27 heavy (non-hydrogen) atoms. The third-order valence-electron chi connectivity index (χ3n) is 3.65. The van der Waals surface area contributed by atoms with E-state index in [1.165, 1.54) is 6.08 Å². The van der Waals surface area contributed by atoms with Crippen molar-refractivity contribution in [1.82, 2.24) is 0 Å². The van der Waals surface area contributed by atoms with Gasteiger partial charge in [-0.15, -0.1) is 0 Å². The summed E-state index contributed by atoms with van der Waals surface area (Å²) in [6.45, 7) is 0. The molecule has 1 unspecified atom stereocenters. The Labute approximate surface area is 187 Å². The molecular formula is C18H14Cl3CoO3PSn+. The first-order valence-electron chi connectivity index (χ1n) is 7.53. The van der Waals surface area contributed by atoms with Gasteiger partial charge in [0.1, 0.15) is 0 Å². The number of rotatable bonds is 3. The summed E-state index contributed by atoms with van der Waals surface area (Å²) in [5.41, 5.74) is -0.542. The largest absolute Gasteiger partial charge is 0 e. The van der Waals surface area contributed by atoms with E-state index in [4.69, 9.17) is 26.8 Å². The number of ketones is 3. The Balaban J connectivity index is 0.000000666. The Kier molecular flexibility index (Phi) is 11.4. The third kappa shape index (κ3) is 7.28. The Morgan fingerprint density at radius 2 is 1.19 bits per heavy atom. The quantitative estimate of drug-likeness (QED) is 0.313. The first kappa shape index (κ1) is 24.8. The van der Waals surface area contributed by atoms with Gasteiger partial charge in [0.15, 0.2) is 5.66 Å². The maximum Gasteiger partial charge on any atom is 0 e. The number of benzene rings is 2. The molecule has 0 aromatic heterocycles. The van der Waals surface area contributed by atoms with E-state index >= 15 is 0 Å². The van der Waals surface area contributed by atoms with Crippen LogP contribution in [-0.2, 0) is 31.2 Å². The average Bonchev–Trinajstić information content (AvgIpc) is 2.63. The van der Waals surface area contributed by atoms with E-state index in [1.54, 1.807) is 6.08 Å². The Bertz CT molecular complexity index is 777. The summed E-state index contributed by atoms with van der Waals surface area (Å²) in [4.78, 5) is 35.5. The summed E-state index contributed by atoms with van der Waals surface area (Å²) in [6, 6.07) is 19.4. The number of hydrogen-bond donors (Lipinski definition) is 0. The minimum absolute atomic E-state index is 0. The zero-order valence-corrected chi connectivity index (χ0v) is 20.9. The molecule has 3 nitrogen and oxygen atoms in total. The fourth-order valence-electron chi connectivity index (χ4n) is 2.60. The maximum absolute atomic E-state index is 12.3. The van der Waals surface area contributed by atoms with E-state index in [9.17, 15) is 14.4 Å². The summed E-state index contributed by atoms with van der Waals surface area (Å²) in [6.07, 6.45) is 2.84. The van der Waals surface area contributed by atoms with Crippen LogP contribution in [0, 0.1) is 0 Å². The predicted molar refractivity (Wildman–Crippen MR) is 112 cm³/mol. The van der Waals surface area contributed by atoms with Gasteiger partial charge >= 0.3 is 43.1 Å². The van der Waals surface area contributed by atoms with Crippen LogP contribution in [0.4, 0.5) is 0 Å². The summed E-state index contributed by atoms with van der Waals surface area (Å²) in [7, 11) is 13.5. The molecule has 0 amide bonds. The fraction of sp³-hybridized carbons (Fsp3) is 0.0556. The van der Waals surface area contributed by atoms with Gasteiger partial charge in [0.25, 0.3) is 11.6 Å². The molecule has 2 aromatic rings. The first-order valence-corrected chi connectivity index (χ1v) is 20.0. The normalized spacial score (nSPS) is 16.0. The topological polar surface area (TPSA) is 51.2 Å². The van der Waals surface area contributed by atoms with Gasteiger partial charge in [-0.2, -0.15) is 0 Å². The second-order valence-electron chi connectivity index (χ2n) is 5.25. The second-order valence-corrected chi connectivity index (χ2v) is 20.6. The molecule has 9 heteroatoms. The van der Waals surface area contributed by atoms with Crippen LogP contribution in [-0.4, -0.2) is 39.4 Å². The molecule has 2 aromatic carbocycles. The molecule has 0 spiro atoms.